The summed E-state index contributed by atoms with van der Waals surface area (Å²) in [6, 6.07) is 1.78. The number of aliphatic imine (C=N–C) groups is 2. The Bertz CT molecular complexity index is 362. The van der Waals surface area contributed by atoms with Gasteiger partial charge >= 0.3 is 0 Å². The zero-order valence-corrected chi connectivity index (χ0v) is 7.41. The standard InChI is InChI=1S/C6H4N2.C4H4N2/c1-3-7-6-2-4-8-5(1)6;1-2-5-4-6-3-1/h1-4H;1-4H. The van der Waals surface area contributed by atoms with Crippen molar-refractivity contribution >= 4 is 12.4 Å². The predicted octanol–water partition coefficient (Wildman–Crippen LogP) is 1.40. The molecule has 2 aliphatic rings. The minimum absolute atomic E-state index is 0.991. The van der Waals surface area contributed by atoms with E-state index < -0.39 is 0 Å². The van der Waals surface area contributed by atoms with E-state index in [9.17, 15) is 0 Å². The first-order valence-electron chi connectivity index (χ1n) is 4.16. The summed E-state index contributed by atoms with van der Waals surface area (Å²) in [5.41, 5.74) is 1.98. The van der Waals surface area contributed by atoms with Crippen molar-refractivity contribution < 1.29 is 0 Å². The molecule has 0 radical (unpaired) electrons. The minimum atomic E-state index is 0.991. The quantitative estimate of drug-likeness (QED) is 0.612. The molecule has 0 fully saturated rings. The molecule has 0 saturated carbocycles. The van der Waals surface area contributed by atoms with Gasteiger partial charge in [0.25, 0.3) is 0 Å². The molecule has 0 aromatic carbocycles. The number of rotatable bonds is 0. The average Bonchev–Trinajstić information content (AvgIpc) is 2.82. The molecule has 0 bridgehead atoms. The van der Waals surface area contributed by atoms with Crippen LogP contribution in [-0.4, -0.2) is 22.4 Å². The van der Waals surface area contributed by atoms with E-state index in [4.69, 9.17) is 0 Å². The van der Waals surface area contributed by atoms with Gasteiger partial charge in [0.1, 0.15) is 6.33 Å². The Kier molecular flexibility index (Phi) is 2.56. The Morgan fingerprint density at radius 3 is 1.71 bits per heavy atom. The summed E-state index contributed by atoms with van der Waals surface area (Å²) in [6.07, 6.45) is 12.2. The van der Waals surface area contributed by atoms with Crippen molar-refractivity contribution in [2.45, 2.75) is 0 Å². The summed E-state index contributed by atoms with van der Waals surface area (Å²) in [4.78, 5) is 15.4. The van der Waals surface area contributed by atoms with Crippen LogP contribution in [0.15, 0.2) is 58.3 Å². The van der Waals surface area contributed by atoms with E-state index >= 15 is 0 Å². The van der Waals surface area contributed by atoms with Gasteiger partial charge in [0.05, 0.1) is 11.4 Å². The number of fused-ring (bicyclic) bond motifs is 1. The van der Waals surface area contributed by atoms with Crippen molar-refractivity contribution in [3.05, 3.63) is 48.3 Å². The van der Waals surface area contributed by atoms with E-state index in [0.29, 0.717) is 0 Å². The van der Waals surface area contributed by atoms with Crippen LogP contribution in [0.4, 0.5) is 0 Å². The van der Waals surface area contributed by atoms with E-state index in [0.717, 1.165) is 11.4 Å². The van der Waals surface area contributed by atoms with Crippen LogP contribution in [0.3, 0.4) is 0 Å². The molecule has 2 aliphatic heterocycles. The van der Waals surface area contributed by atoms with E-state index in [1.54, 1.807) is 30.9 Å². The summed E-state index contributed by atoms with van der Waals surface area (Å²) in [6.45, 7) is 0. The number of aromatic nitrogens is 2. The van der Waals surface area contributed by atoms with E-state index in [1.165, 1.54) is 6.33 Å². The van der Waals surface area contributed by atoms with Crippen LogP contribution in [0.1, 0.15) is 0 Å². The molecular weight excluding hydrogens is 176 g/mol. The van der Waals surface area contributed by atoms with Crippen LogP contribution < -0.4 is 0 Å². The highest BCUT2D eigenvalue weighted by Gasteiger charge is 2.07. The van der Waals surface area contributed by atoms with Gasteiger partial charge in [-0.05, 0) is 18.2 Å². The molecule has 1 aromatic heterocycles. The smallest absolute Gasteiger partial charge is 0.115 e. The minimum Gasteiger partial charge on any atom is -0.254 e. The average molecular weight is 184 g/mol. The Labute approximate surface area is 81.5 Å². The molecule has 1 aromatic rings. The summed E-state index contributed by atoms with van der Waals surface area (Å²) in [5, 5.41) is 0. The van der Waals surface area contributed by atoms with E-state index in [2.05, 4.69) is 20.0 Å². The second-order valence-electron chi connectivity index (χ2n) is 2.56. The van der Waals surface area contributed by atoms with E-state index in [1.807, 2.05) is 12.2 Å². The highest BCUT2D eigenvalue weighted by atomic mass is 14.9. The molecule has 0 aliphatic carbocycles. The molecule has 0 unspecified atom stereocenters. The lowest BCUT2D eigenvalue weighted by Gasteiger charge is -1.83. The zero-order valence-electron chi connectivity index (χ0n) is 7.41. The highest BCUT2D eigenvalue weighted by Crippen LogP contribution is 2.19. The zero-order chi connectivity index (χ0) is 9.64. The number of hydrogen-bond acceptors (Lipinski definition) is 4. The van der Waals surface area contributed by atoms with Gasteiger partial charge in [-0.2, -0.15) is 0 Å². The molecule has 0 saturated heterocycles. The maximum Gasteiger partial charge on any atom is 0.115 e. The van der Waals surface area contributed by atoms with Crippen LogP contribution in [-0.2, 0) is 0 Å². The first-order chi connectivity index (χ1) is 6.97. The van der Waals surface area contributed by atoms with Crippen molar-refractivity contribution in [2.75, 3.05) is 0 Å². The van der Waals surface area contributed by atoms with Gasteiger partial charge in [0.2, 0.25) is 0 Å². The summed E-state index contributed by atoms with van der Waals surface area (Å²) < 4.78 is 0. The Balaban J connectivity index is 0.000000112. The van der Waals surface area contributed by atoms with Gasteiger partial charge in [-0.3, -0.25) is 9.98 Å². The maximum atomic E-state index is 4.02. The first kappa shape index (κ1) is 8.50. The number of hydrogen-bond donors (Lipinski definition) is 0. The summed E-state index contributed by atoms with van der Waals surface area (Å²) in [5.74, 6) is 0. The molecule has 0 spiro atoms. The third-order valence-corrected chi connectivity index (χ3v) is 1.63. The van der Waals surface area contributed by atoms with Gasteiger partial charge in [-0.25, -0.2) is 9.97 Å². The third-order valence-electron chi connectivity index (χ3n) is 1.63. The Morgan fingerprint density at radius 1 is 0.786 bits per heavy atom. The van der Waals surface area contributed by atoms with Crippen molar-refractivity contribution in [1.82, 2.24) is 9.97 Å². The fourth-order valence-electron chi connectivity index (χ4n) is 1.02. The van der Waals surface area contributed by atoms with Gasteiger partial charge in [-0.1, -0.05) is 0 Å². The van der Waals surface area contributed by atoms with Crippen molar-refractivity contribution in [3.63, 3.8) is 0 Å². The SMILES string of the molecule is C1=NC2=CC=NC2=C1.c1cncnc1. The maximum absolute atomic E-state index is 4.02. The molecule has 3 heterocycles. The molecule has 4 heteroatoms. The molecule has 3 rings (SSSR count). The number of allylic oxidation sites excluding steroid dienone is 2. The van der Waals surface area contributed by atoms with Crippen molar-refractivity contribution in [1.29, 1.82) is 0 Å². The second kappa shape index (κ2) is 4.23. The third kappa shape index (κ3) is 1.98. The van der Waals surface area contributed by atoms with Gasteiger partial charge < -0.3 is 0 Å². The molecular formula is C10H8N4. The van der Waals surface area contributed by atoms with Crippen LogP contribution in [0.2, 0.25) is 0 Å². The molecule has 0 atom stereocenters. The van der Waals surface area contributed by atoms with Gasteiger partial charge in [0, 0.05) is 24.8 Å². The number of nitrogens with zero attached hydrogens (tertiary/aromatic N) is 4. The molecule has 68 valence electrons. The molecule has 0 amide bonds. The van der Waals surface area contributed by atoms with Crippen LogP contribution >= 0.6 is 0 Å². The van der Waals surface area contributed by atoms with Crippen LogP contribution in [0.25, 0.3) is 0 Å². The van der Waals surface area contributed by atoms with E-state index in [-0.39, 0.29) is 0 Å². The normalized spacial score (nSPS) is 15.4. The lowest BCUT2D eigenvalue weighted by Crippen LogP contribution is -1.66. The molecule has 4 nitrogen and oxygen atoms in total. The molecule has 0 N–H and O–H groups in total. The Morgan fingerprint density at radius 2 is 1.36 bits per heavy atom. The summed E-state index contributed by atoms with van der Waals surface area (Å²) in [7, 11) is 0. The van der Waals surface area contributed by atoms with Gasteiger partial charge in [0.15, 0.2) is 0 Å². The van der Waals surface area contributed by atoms with Gasteiger partial charge in [-0.15, -0.1) is 0 Å². The van der Waals surface area contributed by atoms with Crippen molar-refractivity contribution in [2.24, 2.45) is 9.98 Å². The van der Waals surface area contributed by atoms with Crippen LogP contribution in [0.5, 0.6) is 0 Å². The van der Waals surface area contributed by atoms with Crippen LogP contribution in [0, 0.1) is 0 Å². The van der Waals surface area contributed by atoms with Crippen molar-refractivity contribution in [3.8, 4) is 0 Å². The predicted molar refractivity (Wildman–Crippen MR) is 55.2 cm³/mol. The fraction of sp³-hybridized carbons (Fsp3) is 0. The highest BCUT2D eigenvalue weighted by molar-refractivity contribution is 5.88. The largest absolute Gasteiger partial charge is 0.254 e. The molecule has 14 heavy (non-hydrogen) atoms. The fourth-order valence-corrected chi connectivity index (χ4v) is 1.02. The summed E-state index contributed by atoms with van der Waals surface area (Å²) >= 11 is 0. The lowest BCUT2D eigenvalue weighted by atomic mass is 10.4. The first-order valence-corrected chi connectivity index (χ1v) is 4.16. The Hall–Kier alpha value is -2.10. The second-order valence-corrected chi connectivity index (χ2v) is 2.56. The monoisotopic (exact) mass is 184 g/mol. The topological polar surface area (TPSA) is 50.5 Å². The lowest BCUT2D eigenvalue weighted by molar-refractivity contribution is 1.17.